The zero-order valence-corrected chi connectivity index (χ0v) is 20.1. The van der Waals surface area contributed by atoms with Crippen LogP contribution in [0.3, 0.4) is 0 Å². The Labute approximate surface area is 210 Å². The zero-order valence-electron chi connectivity index (χ0n) is 18.5. The minimum absolute atomic E-state index is 0.0398. The van der Waals surface area contributed by atoms with Crippen LogP contribution in [0.5, 0.6) is 0 Å². The normalized spacial score (nSPS) is 15.1. The number of fused-ring (bicyclic) bond motifs is 4. The fraction of sp³-hybridized carbons (Fsp3) is 0.143. The molecule has 0 aliphatic carbocycles. The van der Waals surface area contributed by atoms with Crippen molar-refractivity contribution in [2.24, 2.45) is 0 Å². The highest BCUT2D eigenvalue weighted by Gasteiger charge is 2.33. The summed E-state index contributed by atoms with van der Waals surface area (Å²) in [5, 5.41) is 12.1. The van der Waals surface area contributed by atoms with Gasteiger partial charge in [0.2, 0.25) is 0 Å². The van der Waals surface area contributed by atoms with Gasteiger partial charge in [-0.1, -0.05) is 47.6 Å². The van der Waals surface area contributed by atoms with E-state index in [1.54, 1.807) is 30.1 Å². The molecule has 35 heavy (non-hydrogen) atoms. The largest absolute Gasteiger partial charge is 0.481 e. The predicted octanol–water partition coefficient (Wildman–Crippen LogP) is 7.76. The third-order valence-electron chi connectivity index (χ3n) is 6.59. The molecule has 1 unspecified atom stereocenters. The standard InChI is InChI=1S/C28H20ClFN2O2S/c29-18-6-8-20(9-7-18)35-28-25-22(21-5-1-3-16-4-2-11-31-26(16)21)14-19(30)15-23(25)32-12-10-17(27(28)32)13-24(33)34/h1-9,11,14-15,17H,10,12-13H2,(H,33,34). The van der Waals surface area contributed by atoms with Crippen LogP contribution in [0.15, 0.2) is 82.7 Å². The van der Waals surface area contributed by atoms with E-state index >= 15 is 4.39 Å². The number of carboxylic acid groups (broad SMARTS) is 1. The van der Waals surface area contributed by atoms with Gasteiger partial charge in [0.1, 0.15) is 5.82 Å². The molecular weight excluding hydrogens is 483 g/mol. The molecule has 0 radical (unpaired) electrons. The highest BCUT2D eigenvalue weighted by atomic mass is 35.5. The number of nitrogens with zero attached hydrogens (tertiary/aromatic N) is 2. The summed E-state index contributed by atoms with van der Waals surface area (Å²) >= 11 is 7.69. The van der Waals surface area contributed by atoms with Gasteiger partial charge in [-0.25, -0.2) is 4.39 Å². The molecule has 0 saturated carbocycles. The number of rotatable bonds is 5. The van der Waals surface area contributed by atoms with Crippen molar-refractivity contribution in [1.82, 2.24) is 9.55 Å². The summed E-state index contributed by atoms with van der Waals surface area (Å²) in [6.07, 6.45) is 2.50. The summed E-state index contributed by atoms with van der Waals surface area (Å²) in [7, 11) is 0. The van der Waals surface area contributed by atoms with E-state index in [0.717, 1.165) is 48.4 Å². The number of carbonyl (C=O) groups is 1. The lowest BCUT2D eigenvalue weighted by atomic mass is 9.96. The molecule has 0 bridgehead atoms. The van der Waals surface area contributed by atoms with Gasteiger partial charge in [0, 0.05) is 55.5 Å². The van der Waals surface area contributed by atoms with Crippen molar-refractivity contribution < 1.29 is 14.3 Å². The molecule has 0 fully saturated rings. The first-order chi connectivity index (χ1) is 17.0. The second-order valence-corrected chi connectivity index (χ2v) is 10.3. The minimum Gasteiger partial charge on any atom is -0.481 e. The van der Waals surface area contributed by atoms with Crippen LogP contribution in [-0.4, -0.2) is 20.6 Å². The fourth-order valence-corrected chi connectivity index (χ4v) is 6.49. The number of hydrogen-bond donors (Lipinski definition) is 1. The Morgan fingerprint density at radius 2 is 1.91 bits per heavy atom. The predicted molar refractivity (Wildman–Crippen MR) is 138 cm³/mol. The number of pyridine rings is 1. The van der Waals surface area contributed by atoms with Crippen molar-refractivity contribution >= 4 is 51.1 Å². The number of halogens is 2. The number of benzene rings is 3. The van der Waals surface area contributed by atoms with E-state index in [9.17, 15) is 9.90 Å². The van der Waals surface area contributed by atoms with Crippen LogP contribution < -0.4 is 0 Å². The Morgan fingerprint density at radius 3 is 2.71 bits per heavy atom. The van der Waals surface area contributed by atoms with Gasteiger partial charge in [-0.2, -0.15) is 0 Å². The lowest BCUT2D eigenvalue weighted by Gasteiger charge is -2.13. The first-order valence-electron chi connectivity index (χ1n) is 11.3. The molecular formula is C28H20ClFN2O2S. The zero-order chi connectivity index (χ0) is 24.1. The Bertz CT molecular complexity index is 1610. The van der Waals surface area contributed by atoms with Gasteiger partial charge in [0.05, 0.1) is 17.5 Å². The molecule has 174 valence electrons. The second-order valence-electron chi connectivity index (χ2n) is 8.73. The Kier molecular flexibility index (Phi) is 5.50. The van der Waals surface area contributed by atoms with E-state index in [2.05, 4.69) is 9.55 Å². The van der Waals surface area contributed by atoms with E-state index in [4.69, 9.17) is 11.6 Å². The maximum atomic E-state index is 15.1. The highest BCUT2D eigenvalue weighted by Crippen LogP contribution is 2.50. The maximum Gasteiger partial charge on any atom is 0.304 e. The molecule has 0 spiro atoms. The summed E-state index contributed by atoms with van der Waals surface area (Å²) in [5.41, 5.74) is 4.16. The van der Waals surface area contributed by atoms with E-state index < -0.39 is 5.97 Å². The van der Waals surface area contributed by atoms with E-state index in [0.29, 0.717) is 18.0 Å². The molecule has 0 saturated heterocycles. The summed E-state index contributed by atoms with van der Waals surface area (Å²) in [4.78, 5) is 18.2. The van der Waals surface area contributed by atoms with Crippen LogP contribution in [0.4, 0.5) is 4.39 Å². The smallest absolute Gasteiger partial charge is 0.304 e. The van der Waals surface area contributed by atoms with Gasteiger partial charge < -0.3 is 9.67 Å². The molecule has 7 heteroatoms. The minimum atomic E-state index is -0.833. The summed E-state index contributed by atoms with van der Waals surface area (Å²) in [5.74, 6) is -1.30. The maximum absolute atomic E-state index is 15.1. The van der Waals surface area contributed by atoms with Gasteiger partial charge >= 0.3 is 5.97 Å². The molecule has 1 N–H and O–H groups in total. The quantitative estimate of drug-likeness (QED) is 0.267. The molecule has 2 aromatic heterocycles. The van der Waals surface area contributed by atoms with Crippen LogP contribution >= 0.6 is 23.4 Å². The van der Waals surface area contributed by atoms with Crippen molar-refractivity contribution in [2.75, 3.05) is 0 Å². The third kappa shape index (κ3) is 3.87. The van der Waals surface area contributed by atoms with Crippen LogP contribution in [0.1, 0.15) is 24.5 Å². The van der Waals surface area contributed by atoms with E-state index in [1.807, 2.05) is 54.6 Å². The lowest BCUT2D eigenvalue weighted by Crippen LogP contribution is -2.04. The second kappa shape index (κ2) is 8.70. The SMILES string of the molecule is O=C(O)CC1CCn2c1c(Sc1ccc(Cl)cc1)c1c(-c3cccc4cccnc34)cc(F)cc12. The lowest BCUT2D eigenvalue weighted by molar-refractivity contribution is -0.137. The van der Waals surface area contributed by atoms with Crippen molar-refractivity contribution in [3.8, 4) is 11.1 Å². The van der Waals surface area contributed by atoms with Crippen LogP contribution in [0.2, 0.25) is 5.02 Å². The van der Waals surface area contributed by atoms with E-state index in [1.165, 1.54) is 0 Å². The number of para-hydroxylation sites is 1. The van der Waals surface area contributed by atoms with Gasteiger partial charge in [-0.15, -0.1) is 0 Å². The monoisotopic (exact) mass is 502 g/mol. The number of hydrogen-bond acceptors (Lipinski definition) is 3. The molecule has 0 amide bonds. The van der Waals surface area contributed by atoms with Crippen LogP contribution in [-0.2, 0) is 11.3 Å². The molecule has 6 rings (SSSR count). The van der Waals surface area contributed by atoms with Gasteiger partial charge in [0.25, 0.3) is 0 Å². The first kappa shape index (κ1) is 22.1. The van der Waals surface area contributed by atoms with Gasteiger partial charge in [-0.3, -0.25) is 9.78 Å². The average molecular weight is 503 g/mol. The fourth-order valence-electron chi connectivity index (χ4n) is 5.16. The molecule has 4 nitrogen and oxygen atoms in total. The van der Waals surface area contributed by atoms with Crippen molar-refractivity contribution in [1.29, 1.82) is 0 Å². The van der Waals surface area contributed by atoms with Crippen LogP contribution in [0, 0.1) is 5.82 Å². The molecule has 5 aromatic rings. The number of aryl methyl sites for hydroxylation is 1. The Hall–Kier alpha value is -3.35. The average Bonchev–Trinajstić information content (AvgIpc) is 3.38. The first-order valence-corrected chi connectivity index (χ1v) is 12.5. The summed E-state index contributed by atoms with van der Waals surface area (Å²) in [6, 6.07) is 20.5. The number of carboxylic acids is 1. The summed E-state index contributed by atoms with van der Waals surface area (Å²) < 4.78 is 17.2. The number of aromatic nitrogens is 2. The van der Waals surface area contributed by atoms with Crippen molar-refractivity contribution in [3.05, 3.63) is 89.5 Å². The van der Waals surface area contributed by atoms with Crippen molar-refractivity contribution in [3.63, 3.8) is 0 Å². The molecule has 3 heterocycles. The molecule has 1 aliphatic rings. The topological polar surface area (TPSA) is 55.1 Å². The molecule has 1 atom stereocenters. The Morgan fingerprint density at radius 1 is 1.11 bits per heavy atom. The number of aliphatic carboxylic acids is 1. The summed E-state index contributed by atoms with van der Waals surface area (Å²) in [6.45, 7) is 0.654. The van der Waals surface area contributed by atoms with E-state index in [-0.39, 0.29) is 18.2 Å². The molecule has 1 aliphatic heterocycles. The van der Waals surface area contributed by atoms with Gasteiger partial charge in [0.15, 0.2) is 0 Å². The van der Waals surface area contributed by atoms with Gasteiger partial charge in [-0.05, 0) is 54.4 Å². The third-order valence-corrected chi connectivity index (χ3v) is 7.97. The molecule has 3 aromatic carbocycles. The highest BCUT2D eigenvalue weighted by molar-refractivity contribution is 7.99. The van der Waals surface area contributed by atoms with Crippen LogP contribution in [0.25, 0.3) is 32.9 Å². The van der Waals surface area contributed by atoms with Crippen molar-refractivity contribution in [2.45, 2.75) is 35.1 Å². The Balaban J connectivity index is 1.67.